The van der Waals surface area contributed by atoms with Crippen LogP contribution in [0.25, 0.3) is 0 Å². The first-order valence-electron chi connectivity index (χ1n) is 4.53. The molecule has 1 aliphatic heterocycles. The first-order valence-corrected chi connectivity index (χ1v) is 4.53. The van der Waals surface area contributed by atoms with Crippen molar-refractivity contribution in [2.75, 3.05) is 32.7 Å². The number of rotatable bonds is 3. The summed E-state index contributed by atoms with van der Waals surface area (Å²) in [5.74, 6) is 0. The van der Waals surface area contributed by atoms with Gasteiger partial charge in [-0.3, -0.25) is 0 Å². The normalized spacial score (nSPS) is 18.7. The van der Waals surface area contributed by atoms with E-state index in [-0.39, 0.29) is 6.03 Å². The van der Waals surface area contributed by atoms with Crippen LogP contribution in [0.1, 0.15) is 13.3 Å². The summed E-state index contributed by atoms with van der Waals surface area (Å²) < 4.78 is 0. The van der Waals surface area contributed by atoms with Crippen molar-refractivity contribution in [2.24, 2.45) is 5.73 Å². The second-order valence-electron chi connectivity index (χ2n) is 2.99. The van der Waals surface area contributed by atoms with Crippen molar-refractivity contribution in [3.05, 3.63) is 0 Å². The van der Waals surface area contributed by atoms with Crippen LogP contribution in [0, 0.1) is 0 Å². The third-order valence-corrected chi connectivity index (χ3v) is 2.18. The number of carbonyl (C=O) groups is 1. The van der Waals surface area contributed by atoms with Gasteiger partial charge in [0.05, 0.1) is 0 Å². The minimum Gasteiger partial charge on any atom is -0.329 e. The standard InChI is InChI=1S/C8H17N3O/c1-2-10-5-3-6-11(7-4-9)8(10)12/h2-7,9H2,1H3. The van der Waals surface area contributed by atoms with Gasteiger partial charge in [0.1, 0.15) is 0 Å². The third kappa shape index (κ3) is 1.88. The molecule has 1 aliphatic rings. The molecule has 1 fully saturated rings. The van der Waals surface area contributed by atoms with Crippen LogP contribution in [0.5, 0.6) is 0 Å². The summed E-state index contributed by atoms with van der Waals surface area (Å²) >= 11 is 0. The highest BCUT2D eigenvalue weighted by Crippen LogP contribution is 2.07. The molecule has 0 aliphatic carbocycles. The smallest absolute Gasteiger partial charge is 0.320 e. The van der Waals surface area contributed by atoms with Gasteiger partial charge in [-0.2, -0.15) is 0 Å². The van der Waals surface area contributed by atoms with Gasteiger partial charge < -0.3 is 15.5 Å². The lowest BCUT2D eigenvalue weighted by Gasteiger charge is -2.34. The van der Waals surface area contributed by atoms with Gasteiger partial charge in [0.15, 0.2) is 0 Å². The second-order valence-corrected chi connectivity index (χ2v) is 2.99. The van der Waals surface area contributed by atoms with Gasteiger partial charge in [-0.15, -0.1) is 0 Å². The van der Waals surface area contributed by atoms with E-state index in [1.807, 2.05) is 16.7 Å². The zero-order valence-corrected chi connectivity index (χ0v) is 7.62. The Hall–Kier alpha value is -0.770. The Balaban J connectivity index is 2.47. The lowest BCUT2D eigenvalue weighted by Crippen LogP contribution is -2.50. The summed E-state index contributed by atoms with van der Waals surface area (Å²) in [4.78, 5) is 15.2. The van der Waals surface area contributed by atoms with E-state index in [1.54, 1.807) is 0 Å². The summed E-state index contributed by atoms with van der Waals surface area (Å²) in [7, 11) is 0. The van der Waals surface area contributed by atoms with Crippen LogP contribution in [0.4, 0.5) is 4.79 Å². The predicted molar refractivity (Wildman–Crippen MR) is 47.9 cm³/mol. The highest BCUT2D eigenvalue weighted by Gasteiger charge is 2.22. The average molecular weight is 171 g/mol. The van der Waals surface area contributed by atoms with Crippen LogP contribution in [-0.2, 0) is 0 Å². The molecule has 1 rings (SSSR count). The molecule has 1 heterocycles. The molecule has 0 atom stereocenters. The first-order chi connectivity index (χ1) is 5.79. The van der Waals surface area contributed by atoms with Crippen molar-refractivity contribution >= 4 is 6.03 Å². The van der Waals surface area contributed by atoms with Gasteiger partial charge >= 0.3 is 6.03 Å². The third-order valence-electron chi connectivity index (χ3n) is 2.18. The number of nitrogens with zero attached hydrogens (tertiary/aromatic N) is 2. The fourth-order valence-corrected chi connectivity index (χ4v) is 1.50. The molecule has 0 spiro atoms. The Morgan fingerprint density at radius 1 is 1.42 bits per heavy atom. The number of nitrogens with two attached hydrogens (primary N) is 1. The summed E-state index contributed by atoms with van der Waals surface area (Å²) in [5, 5.41) is 0. The molecule has 1 saturated heterocycles. The molecule has 0 aromatic carbocycles. The van der Waals surface area contributed by atoms with Gasteiger partial charge in [-0.1, -0.05) is 0 Å². The van der Waals surface area contributed by atoms with Crippen LogP contribution >= 0.6 is 0 Å². The fourth-order valence-electron chi connectivity index (χ4n) is 1.50. The Kier molecular flexibility index (Phi) is 3.34. The summed E-state index contributed by atoms with van der Waals surface area (Å²) in [6.45, 7) is 5.82. The fraction of sp³-hybridized carbons (Fsp3) is 0.875. The SMILES string of the molecule is CCN1CCCN(CCN)C1=O. The molecule has 12 heavy (non-hydrogen) atoms. The van der Waals surface area contributed by atoms with E-state index in [2.05, 4.69) is 0 Å². The van der Waals surface area contributed by atoms with E-state index < -0.39 is 0 Å². The first kappa shape index (κ1) is 9.32. The largest absolute Gasteiger partial charge is 0.329 e. The molecule has 0 radical (unpaired) electrons. The van der Waals surface area contributed by atoms with Crippen LogP contribution in [0.3, 0.4) is 0 Å². The Labute approximate surface area is 73.3 Å². The number of hydrogen-bond donors (Lipinski definition) is 1. The monoisotopic (exact) mass is 171 g/mol. The molecular weight excluding hydrogens is 154 g/mol. The molecular formula is C8H17N3O. The lowest BCUT2D eigenvalue weighted by molar-refractivity contribution is 0.134. The van der Waals surface area contributed by atoms with Crippen molar-refractivity contribution in [1.29, 1.82) is 0 Å². The van der Waals surface area contributed by atoms with Crippen LogP contribution < -0.4 is 5.73 Å². The molecule has 4 nitrogen and oxygen atoms in total. The molecule has 0 bridgehead atoms. The summed E-state index contributed by atoms with van der Waals surface area (Å²) in [5.41, 5.74) is 5.40. The van der Waals surface area contributed by atoms with Crippen molar-refractivity contribution < 1.29 is 4.79 Å². The van der Waals surface area contributed by atoms with Crippen molar-refractivity contribution in [1.82, 2.24) is 9.80 Å². The predicted octanol–water partition coefficient (Wildman–Crippen LogP) is 0.0927. The minimum absolute atomic E-state index is 0.147. The topological polar surface area (TPSA) is 49.6 Å². The van der Waals surface area contributed by atoms with E-state index in [0.717, 1.165) is 26.1 Å². The van der Waals surface area contributed by atoms with E-state index >= 15 is 0 Å². The maximum atomic E-state index is 11.5. The number of amides is 2. The molecule has 0 saturated carbocycles. The van der Waals surface area contributed by atoms with Gasteiger partial charge in [-0.25, -0.2) is 4.79 Å². The molecule has 2 amide bonds. The summed E-state index contributed by atoms with van der Waals surface area (Å²) in [6.07, 6.45) is 1.07. The van der Waals surface area contributed by atoms with Gasteiger partial charge in [0.25, 0.3) is 0 Å². The van der Waals surface area contributed by atoms with Crippen LogP contribution in [0.2, 0.25) is 0 Å². The van der Waals surface area contributed by atoms with Gasteiger partial charge in [0.2, 0.25) is 0 Å². The molecule has 70 valence electrons. The highest BCUT2D eigenvalue weighted by molar-refractivity contribution is 5.75. The van der Waals surface area contributed by atoms with Gasteiger partial charge in [-0.05, 0) is 13.3 Å². The van der Waals surface area contributed by atoms with Crippen molar-refractivity contribution in [3.63, 3.8) is 0 Å². The average Bonchev–Trinajstić information content (AvgIpc) is 2.09. The Morgan fingerprint density at radius 2 is 2.08 bits per heavy atom. The molecule has 4 heteroatoms. The molecule has 0 unspecified atom stereocenters. The molecule has 0 aromatic rings. The van der Waals surface area contributed by atoms with E-state index in [0.29, 0.717) is 13.1 Å². The van der Waals surface area contributed by atoms with Crippen molar-refractivity contribution in [3.8, 4) is 0 Å². The van der Waals surface area contributed by atoms with E-state index in [1.165, 1.54) is 0 Å². The zero-order valence-electron chi connectivity index (χ0n) is 7.62. The quantitative estimate of drug-likeness (QED) is 0.654. The number of urea groups is 1. The van der Waals surface area contributed by atoms with Crippen molar-refractivity contribution in [2.45, 2.75) is 13.3 Å². The van der Waals surface area contributed by atoms with E-state index in [4.69, 9.17) is 5.73 Å². The number of carbonyl (C=O) groups excluding carboxylic acids is 1. The lowest BCUT2D eigenvalue weighted by atomic mass is 10.3. The second kappa shape index (κ2) is 4.30. The van der Waals surface area contributed by atoms with Crippen LogP contribution in [0.15, 0.2) is 0 Å². The maximum absolute atomic E-state index is 11.5. The summed E-state index contributed by atoms with van der Waals surface area (Å²) in [6, 6.07) is 0.147. The molecule has 2 N–H and O–H groups in total. The molecule has 0 aromatic heterocycles. The Morgan fingerprint density at radius 3 is 2.67 bits per heavy atom. The Bertz CT molecular complexity index is 158. The van der Waals surface area contributed by atoms with Gasteiger partial charge in [0, 0.05) is 32.7 Å². The van der Waals surface area contributed by atoms with Crippen LogP contribution in [-0.4, -0.2) is 48.6 Å². The number of hydrogen-bond acceptors (Lipinski definition) is 2. The highest BCUT2D eigenvalue weighted by atomic mass is 16.2. The maximum Gasteiger partial charge on any atom is 0.320 e. The van der Waals surface area contributed by atoms with E-state index in [9.17, 15) is 4.79 Å². The minimum atomic E-state index is 0.147. The zero-order chi connectivity index (χ0) is 8.97.